The van der Waals surface area contributed by atoms with Crippen LogP contribution in [0.1, 0.15) is 43.4 Å². The van der Waals surface area contributed by atoms with Gasteiger partial charge >= 0.3 is 0 Å². The highest BCUT2D eigenvalue weighted by Gasteiger charge is 2.28. The first-order chi connectivity index (χ1) is 15.0. The van der Waals surface area contributed by atoms with E-state index in [1.165, 1.54) is 10.8 Å². The zero-order valence-electron chi connectivity index (χ0n) is 18.7. The fourth-order valence-electron chi connectivity index (χ4n) is 4.08. The third-order valence-electron chi connectivity index (χ3n) is 5.83. The molecule has 0 aromatic heterocycles. The van der Waals surface area contributed by atoms with Crippen molar-refractivity contribution >= 4 is 22.6 Å². The van der Waals surface area contributed by atoms with E-state index < -0.39 is 6.04 Å². The number of hydrogen-bond acceptors (Lipinski definition) is 2. The standard InChI is InChI=1S/C27H32N2O2/c1-4-25(27(31)28-5-2)29(19-23-13-7-6-11-20(23)3)26(30)18-17-22-15-10-14-21-12-8-9-16-24(21)22/h6-16,25H,4-5,17-19H2,1-3H3,(H,28,31)/t25-/m0/s1. The minimum Gasteiger partial charge on any atom is -0.355 e. The molecule has 0 aliphatic rings. The third-order valence-corrected chi connectivity index (χ3v) is 5.83. The van der Waals surface area contributed by atoms with Gasteiger partial charge in [-0.15, -0.1) is 0 Å². The molecule has 0 heterocycles. The van der Waals surface area contributed by atoms with Gasteiger partial charge in [-0.1, -0.05) is 73.7 Å². The van der Waals surface area contributed by atoms with Crippen LogP contribution in [-0.4, -0.2) is 29.3 Å². The molecule has 3 aromatic rings. The summed E-state index contributed by atoms with van der Waals surface area (Å²) < 4.78 is 0. The van der Waals surface area contributed by atoms with Crippen molar-refractivity contribution in [2.45, 2.75) is 52.6 Å². The highest BCUT2D eigenvalue weighted by molar-refractivity contribution is 5.89. The largest absolute Gasteiger partial charge is 0.355 e. The maximum atomic E-state index is 13.4. The second kappa shape index (κ2) is 10.8. The summed E-state index contributed by atoms with van der Waals surface area (Å²) in [7, 11) is 0. The molecule has 162 valence electrons. The first-order valence-corrected chi connectivity index (χ1v) is 11.1. The van der Waals surface area contributed by atoms with Gasteiger partial charge in [-0.25, -0.2) is 0 Å². The van der Waals surface area contributed by atoms with Gasteiger partial charge in [0.25, 0.3) is 0 Å². The first kappa shape index (κ1) is 22.5. The van der Waals surface area contributed by atoms with E-state index in [0.717, 1.165) is 16.7 Å². The van der Waals surface area contributed by atoms with Crippen molar-refractivity contribution in [3.8, 4) is 0 Å². The lowest BCUT2D eigenvalue weighted by atomic mass is 10.00. The molecule has 0 bridgehead atoms. The molecule has 3 rings (SSSR count). The van der Waals surface area contributed by atoms with Gasteiger partial charge < -0.3 is 10.2 Å². The molecular weight excluding hydrogens is 384 g/mol. The Morgan fingerprint density at radius 2 is 1.58 bits per heavy atom. The predicted molar refractivity (Wildman–Crippen MR) is 127 cm³/mol. The zero-order valence-corrected chi connectivity index (χ0v) is 18.7. The Bertz CT molecular complexity index is 1040. The molecule has 4 nitrogen and oxygen atoms in total. The molecule has 31 heavy (non-hydrogen) atoms. The van der Waals surface area contributed by atoms with Crippen LogP contribution < -0.4 is 5.32 Å². The van der Waals surface area contributed by atoms with E-state index in [0.29, 0.717) is 32.4 Å². The van der Waals surface area contributed by atoms with Crippen LogP contribution in [0.5, 0.6) is 0 Å². The number of carbonyl (C=O) groups is 2. The Morgan fingerprint density at radius 3 is 2.32 bits per heavy atom. The van der Waals surface area contributed by atoms with E-state index in [9.17, 15) is 9.59 Å². The van der Waals surface area contributed by atoms with Crippen LogP contribution in [0.2, 0.25) is 0 Å². The number of hydrogen-bond donors (Lipinski definition) is 1. The highest BCUT2D eigenvalue weighted by atomic mass is 16.2. The van der Waals surface area contributed by atoms with E-state index >= 15 is 0 Å². The molecule has 0 radical (unpaired) electrons. The molecule has 0 unspecified atom stereocenters. The molecule has 0 spiro atoms. The monoisotopic (exact) mass is 416 g/mol. The van der Waals surface area contributed by atoms with Gasteiger partial charge in [-0.05, 0) is 54.2 Å². The lowest BCUT2D eigenvalue weighted by Crippen LogP contribution is -2.49. The second-order valence-corrected chi connectivity index (χ2v) is 7.91. The van der Waals surface area contributed by atoms with Crippen LogP contribution in [0.4, 0.5) is 0 Å². The second-order valence-electron chi connectivity index (χ2n) is 7.91. The van der Waals surface area contributed by atoms with Crippen molar-refractivity contribution < 1.29 is 9.59 Å². The Kier molecular flexibility index (Phi) is 7.82. The molecular formula is C27H32N2O2. The van der Waals surface area contributed by atoms with Gasteiger partial charge in [-0.3, -0.25) is 9.59 Å². The smallest absolute Gasteiger partial charge is 0.242 e. The average molecular weight is 417 g/mol. The van der Waals surface area contributed by atoms with Crippen molar-refractivity contribution in [1.82, 2.24) is 10.2 Å². The first-order valence-electron chi connectivity index (χ1n) is 11.1. The Balaban J connectivity index is 1.84. The van der Waals surface area contributed by atoms with Gasteiger partial charge in [-0.2, -0.15) is 0 Å². The van der Waals surface area contributed by atoms with Gasteiger partial charge in [0.2, 0.25) is 11.8 Å². The lowest BCUT2D eigenvalue weighted by molar-refractivity contribution is -0.141. The fraction of sp³-hybridized carbons (Fsp3) is 0.333. The van der Waals surface area contributed by atoms with E-state index in [2.05, 4.69) is 29.6 Å². The van der Waals surface area contributed by atoms with Crippen LogP contribution >= 0.6 is 0 Å². The van der Waals surface area contributed by atoms with Crippen LogP contribution in [0.3, 0.4) is 0 Å². The van der Waals surface area contributed by atoms with Crippen LogP contribution in [0.15, 0.2) is 66.7 Å². The summed E-state index contributed by atoms with van der Waals surface area (Å²) in [6.45, 7) is 6.90. The number of nitrogens with zero attached hydrogens (tertiary/aromatic N) is 1. The summed E-state index contributed by atoms with van der Waals surface area (Å²) in [5.41, 5.74) is 3.36. The number of amides is 2. The number of aryl methyl sites for hydroxylation is 2. The predicted octanol–water partition coefficient (Wildman–Crippen LogP) is 5.02. The van der Waals surface area contributed by atoms with Gasteiger partial charge in [0.1, 0.15) is 6.04 Å². The average Bonchev–Trinajstić information content (AvgIpc) is 2.78. The van der Waals surface area contributed by atoms with E-state index in [-0.39, 0.29) is 11.8 Å². The van der Waals surface area contributed by atoms with E-state index in [4.69, 9.17) is 0 Å². The summed E-state index contributed by atoms with van der Waals surface area (Å²) in [5.74, 6) is -0.0774. The maximum absolute atomic E-state index is 13.4. The van der Waals surface area contributed by atoms with Gasteiger partial charge in [0, 0.05) is 19.5 Å². The Labute approximate surface area is 185 Å². The van der Waals surface area contributed by atoms with E-state index in [1.807, 2.05) is 63.2 Å². The quantitative estimate of drug-likeness (QED) is 0.532. The number of carbonyl (C=O) groups excluding carboxylic acids is 2. The fourth-order valence-corrected chi connectivity index (χ4v) is 4.08. The van der Waals surface area contributed by atoms with Crippen molar-refractivity contribution in [2.24, 2.45) is 0 Å². The topological polar surface area (TPSA) is 49.4 Å². The number of likely N-dealkylation sites (N-methyl/N-ethyl adjacent to an activating group) is 1. The minimum atomic E-state index is -0.473. The highest BCUT2D eigenvalue weighted by Crippen LogP contribution is 2.21. The minimum absolute atomic E-state index is 0.00860. The number of fused-ring (bicyclic) bond motifs is 1. The molecule has 3 aromatic carbocycles. The van der Waals surface area contributed by atoms with Crippen LogP contribution in [0.25, 0.3) is 10.8 Å². The lowest BCUT2D eigenvalue weighted by Gasteiger charge is -2.31. The molecule has 0 saturated carbocycles. The van der Waals surface area contributed by atoms with Crippen molar-refractivity contribution in [3.05, 3.63) is 83.4 Å². The third kappa shape index (κ3) is 5.52. The number of rotatable bonds is 9. The zero-order chi connectivity index (χ0) is 22.2. The van der Waals surface area contributed by atoms with Gasteiger partial charge in [0.05, 0.1) is 0 Å². The van der Waals surface area contributed by atoms with Gasteiger partial charge in [0.15, 0.2) is 0 Å². The SMILES string of the molecule is CCNC(=O)[C@H](CC)N(Cc1ccccc1C)C(=O)CCc1cccc2ccccc12. The molecule has 0 aliphatic heterocycles. The normalized spacial score (nSPS) is 11.8. The molecule has 0 fully saturated rings. The summed E-state index contributed by atoms with van der Waals surface area (Å²) in [5, 5.41) is 5.26. The van der Waals surface area contributed by atoms with Crippen LogP contribution in [-0.2, 0) is 22.6 Å². The number of benzene rings is 3. The maximum Gasteiger partial charge on any atom is 0.242 e. The van der Waals surface area contributed by atoms with Crippen molar-refractivity contribution in [3.63, 3.8) is 0 Å². The molecule has 1 N–H and O–H groups in total. The molecule has 4 heteroatoms. The molecule has 2 amide bonds. The molecule has 0 saturated heterocycles. The molecule has 0 aliphatic carbocycles. The van der Waals surface area contributed by atoms with Crippen molar-refractivity contribution in [1.29, 1.82) is 0 Å². The summed E-state index contributed by atoms with van der Waals surface area (Å²) >= 11 is 0. The number of nitrogens with one attached hydrogen (secondary N) is 1. The Morgan fingerprint density at radius 1 is 0.903 bits per heavy atom. The summed E-state index contributed by atoms with van der Waals surface area (Å²) in [6, 6.07) is 22.0. The molecule has 1 atom stereocenters. The van der Waals surface area contributed by atoms with Crippen LogP contribution in [0, 0.1) is 6.92 Å². The van der Waals surface area contributed by atoms with E-state index in [1.54, 1.807) is 4.90 Å². The Hall–Kier alpha value is -3.14. The van der Waals surface area contributed by atoms with Crippen molar-refractivity contribution in [2.75, 3.05) is 6.54 Å². The summed E-state index contributed by atoms with van der Waals surface area (Å²) in [6.07, 6.45) is 1.60. The summed E-state index contributed by atoms with van der Waals surface area (Å²) in [4.78, 5) is 27.9.